The Balaban J connectivity index is 1.23. The Morgan fingerprint density at radius 1 is 0.283 bits per heavy atom. The SMILES string of the molecule is N#Cc1cccc2c1c1c(ccc3c4ccccc4n(-c4ccc5c(c4)c4c(ccc6c7ccccc7n(-c7ccccc7)c64)n5-c4ccccc4)c31)n2-c1ccccc1. The molecule has 5 heteroatoms. The minimum absolute atomic E-state index is 0.661. The van der Waals surface area contributed by atoms with Gasteiger partial charge in [-0.05, 0) is 91.0 Å². The topological polar surface area (TPSA) is 43.5 Å². The lowest BCUT2D eigenvalue weighted by molar-refractivity contribution is 1.16. The molecule has 9 aromatic carbocycles. The van der Waals surface area contributed by atoms with Crippen molar-refractivity contribution in [1.82, 2.24) is 18.3 Å². The Morgan fingerprint density at radius 2 is 0.717 bits per heavy atom. The third kappa shape index (κ3) is 4.34. The van der Waals surface area contributed by atoms with Crippen LogP contribution in [-0.2, 0) is 0 Å². The molecule has 0 saturated carbocycles. The number of benzene rings is 9. The molecular formula is C55H33N5. The van der Waals surface area contributed by atoms with Crippen molar-refractivity contribution in [2.75, 3.05) is 0 Å². The standard InChI is InChI=1S/C55H33N5/c56-34-35-15-14-26-48-51(35)53-50(58(48)37-18-6-2-7-19-37)32-29-43-41-23-11-13-25-46(41)60(55(43)53)39-27-30-47-44(33-39)52-49(57(47)36-16-4-1-5-17-36)31-28-42-40-22-10-12-24-45(40)59(54(42)52)38-20-8-3-9-21-38/h1-33H. The van der Waals surface area contributed by atoms with Crippen LogP contribution < -0.4 is 0 Å². The lowest BCUT2D eigenvalue weighted by Crippen LogP contribution is -1.96. The van der Waals surface area contributed by atoms with Crippen LogP contribution in [0.1, 0.15) is 5.56 Å². The number of nitrogens with zero attached hydrogens (tertiary/aromatic N) is 5. The first-order chi connectivity index (χ1) is 29.8. The summed E-state index contributed by atoms with van der Waals surface area (Å²) in [5, 5.41) is 19.8. The summed E-state index contributed by atoms with van der Waals surface area (Å²) in [6.07, 6.45) is 0. The van der Waals surface area contributed by atoms with E-state index >= 15 is 0 Å². The van der Waals surface area contributed by atoms with Crippen LogP contribution in [0.5, 0.6) is 0 Å². The Morgan fingerprint density at radius 3 is 1.32 bits per heavy atom. The largest absolute Gasteiger partial charge is 0.309 e. The summed E-state index contributed by atoms with van der Waals surface area (Å²) in [6.45, 7) is 0. The van der Waals surface area contributed by atoms with Gasteiger partial charge in [0.2, 0.25) is 0 Å². The molecule has 0 aliphatic carbocycles. The molecule has 13 aromatic rings. The Bertz CT molecular complexity index is 3930. The molecular weight excluding hydrogens is 731 g/mol. The first-order valence-corrected chi connectivity index (χ1v) is 20.3. The molecule has 0 atom stereocenters. The minimum atomic E-state index is 0.661. The fourth-order valence-electron chi connectivity index (χ4n) is 10.2. The number of fused-ring (bicyclic) bond motifs is 14. The third-order valence-electron chi connectivity index (χ3n) is 12.6. The van der Waals surface area contributed by atoms with E-state index in [0.29, 0.717) is 5.56 Å². The predicted octanol–water partition coefficient (Wildman–Crippen LogP) is 13.9. The first kappa shape index (κ1) is 32.7. The molecule has 0 amide bonds. The molecule has 4 heterocycles. The highest BCUT2D eigenvalue weighted by Gasteiger charge is 2.25. The summed E-state index contributed by atoms with van der Waals surface area (Å²) < 4.78 is 9.61. The zero-order valence-electron chi connectivity index (χ0n) is 32.3. The number of aromatic nitrogens is 4. The van der Waals surface area contributed by atoms with Crippen molar-refractivity contribution in [3.8, 4) is 28.8 Å². The monoisotopic (exact) mass is 763 g/mol. The number of hydrogen-bond acceptors (Lipinski definition) is 1. The molecule has 0 aliphatic heterocycles. The average molecular weight is 764 g/mol. The molecule has 0 radical (unpaired) electrons. The van der Waals surface area contributed by atoms with Crippen LogP contribution >= 0.6 is 0 Å². The van der Waals surface area contributed by atoms with Gasteiger partial charge in [0.25, 0.3) is 0 Å². The van der Waals surface area contributed by atoms with Crippen LogP contribution in [0.3, 0.4) is 0 Å². The highest BCUT2D eigenvalue weighted by molar-refractivity contribution is 6.29. The quantitative estimate of drug-likeness (QED) is 0.176. The van der Waals surface area contributed by atoms with Crippen molar-refractivity contribution in [3.05, 3.63) is 206 Å². The molecule has 5 nitrogen and oxygen atoms in total. The average Bonchev–Trinajstić information content (AvgIpc) is 4.04. The summed E-state index contributed by atoms with van der Waals surface area (Å²) in [5.41, 5.74) is 13.9. The predicted molar refractivity (Wildman–Crippen MR) is 249 cm³/mol. The molecule has 13 rings (SSSR count). The van der Waals surface area contributed by atoms with Crippen LogP contribution in [0.25, 0.3) is 110 Å². The Kier molecular flexibility index (Phi) is 6.73. The fourth-order valence-corrected chi connectivity index (χ4v) is 10.2. The molecule has 278 valence electrons. The summed E-state index contributed by atoms with van der Waals surface area (Å²) >= 11 is 0. The van der Waals surface area contributed by atoms with Gasteiger partial charge >= 0.3 is 0 Å². The zero-order valence-corrected chi connectivity index (χ0v) is 32.3. The second-order valence-corrected chi connectivity index (χ2v) is 15.6. The fraction of sp³-hybridized carbons (Fsp3) is 0. The highest BCUT2D eigenvalue weighted by Crippen LogP contribution is 2.46. The van der Waals surface area contributed by atoms with Gasteiger partial charge in [-0.3, -0.25) is 0 Å². The van der Waals surface area contributed by atoms with Gasteiger partial charge in [0.05, 0.1) is 55.8 Å². The van der Waals surface area contributed by atoms with Gasteiger partial charge in [0, 0.05) is 65.8 Å². The van der Waals surface area contributed by atoms with E-state index in [1.54, 1.807) is 0 Å². The van der Waals surface area contributed by atoms with Crippen molar-refractivity contribution in [2.24, 2.45) is 0 Å². The van der Waals surface area contributed by atoms with E-state index in [1.165, 1.54) is 38.0 Å². The van der Waals surface area contributed by atoms with Crippen molar-refractivity contribution in [3.63, 3.8) is 0 Å². The van der Waals surface area contributed by atoms with E-state index in [-0.39, 0.29) is 0 Å². The van der Waals surface area contributed by atoms with E-state index in [2.05, 4.69) is 206 Å². The van der Waals surface area contributed by atoms with Crippen LogP contribution in [0, 0.1) is 11.3 Å². The molecule has 0 fully saturated rings. The molecule has 0 N–H and O–H groups in total. The number of hydrogen-bond donors (Lipinski definition) is 0. The van der Waals surface area contributed by atoms with Crippen LogP contribution in [0.2, 0.25) is 0 Å². The van der Waals surface area contributed by atoms with Crippen molar-refractivity contribution in [1.29, 1.82) is 5.26 Å². The van der Waals surface area contributed by atoms with Crippen molar-refractivity contribution >= 4 is 87.2 Å². The summed E-state index contributed by atoms with van der Waals surface area (Å²) in [5.74, 6) is 0. The lowest BCUT2D eigenvalue weighted by atomic mass is 10.0. The highest BCUT2D eigenvalue weighted by atomic mass is 15.0. The molecule has 0 spiro atoms. The second kappa shape index (κ2) is 12.3. The summed E-state index contributed by atoms with van der Waals surface area (Å²) in [4.78, 5) is 0. The molecule has 0 saturated heterocycles. The number of rotatable bonds is 4. The normalized spacial score (nSPS) is 12.0. The van der Waals surface area contributed by atoms with Gasteiger partial charge in [-0.25, -0.2) is 0 Å². The third-order valence-corrected chi connectivity index (χ3v) is 12.6. The number of para-hydroxylation sites is 5. The maximum atomic E-state index is 10.7. The van der Waals surface area contributed by atoms with Crippen LogP contribution in [0.15, 0.2) is 200 Å². The smallest absolute Gasteiger partial charge is 0.0999 e. The van der Waals surface area contributed by atoms with Gasteiger partial charge in [-0.1, -0.05) is 109 Å². The first-order valence-electron chi connectivity index (χ1n) is 20.3. The van der Waals surface area contributed by atoms with Gasteiger partial charge in [0.1, 0.15) is 0 Å². The van der Waals surface area contributed by atoms with E-state index in [4.69, 9.17) is 0 Å². The Labute approximate surface area is 344 Å². The van der Waals surface area contributed by atoms with E-state index in [0.717, 1.165) is 72.0 Å². The van der Waals surface area contributed by atoms with Gasteiger partial charge in [-0.15, -0.1) is 0 Å². The maximum Gasteiger partial charge on any atom is 0.0999 e. The van der Waals surface area contributed by atoms with E-state index < -0.39 is 0 Å². The minimum Gasteiger partial charge on any atom is -0.309 e. The molecule has 0 aliphatic rings. The van der Waals surface area contributed by atoms with Crippen molar-refractivity contribution < 1.29 is 0 Å². The van der Waals surface area contributed by atoms with Crippen molar-refractivity contribution in [2.45, 2.75) is 0 Å². The molecule has 60 heavy (non-hydrogen) atoms. The van der Waals surface area contributed by atoms with Crippen LogP contribution in [-0.4, -0.2) is 18.3 Å². The zero-order chi connectivity index (χ0) is 39.5. The Hall–Kier alpha value is -8.33. The molecule has 4 aromatic heterocycles. The molecule has 0 bridgehead atoms. The van der Waals surface area contributed by atoms with Gasteiger partial charge in [-0.2, -0.15) is 5.26 Å². The molecule has 0 unspecified atom stereocenters. The van der Waals surface area contributed by atoms with E-state index in [1.807, 2.05) is 18.2 Å². The number of nitriles is 1. The maximum absolute atomic E-state index is 10.7. The van der Waals surface area contributed by atoms with Gasteiger partial charge < -0.3 is 18.3 Å². The lowest BCUT2D eigenvalue weighted by Gasteiger charge is -2.11. The summed E-state index contributed by atoms with van der Waals surface area (Å²) in [7, 11) is 0. The summed E-state index contributed by atoms with van der Waals surface area (Å²) in [6, 6.07) is 74.1. The van der Waals surface area contributed by atoms with E-state index in [9.17, 15) is 5.26 Å². The second-order valence-electron chi connectivity index (χ2n) is 15.6. The van der Waals surface area contributed by atoms with Gasteiger partial charge in [0.15, 0.2) is 0 Å². The van der Waals surface area contributed by atoms with Crippen LogP contribution in [0.4, 0.5) is 0 Å².